The number of hydrazone groups is 1. The SMILES string of the molecule is CCNC(=S)N/N=C/c1ccccc1OC(=O)c1ccc(Cl)cc1. The predicted molar refractivity (Wildman–Crippen MR) is 99.9 cm³/mol. The van der Waals surface area contributed by atoms with Crippen LogP contribution in [0, 0.1) is 0 Å². The van der Waals surface area contributed by atoms with Gasteiger partial charge in [0.15, 0.2) is 5.11 Å². The highest BCUT2D eigenvalue weighted by atomic mass is 35.5. The van der Waals surface area contributed by atoms with E-state index in [2.05, 4.69) is 15.8 Å². The van der Waals surface area contributed by atoms with Crippen LogP contribution in [0.2, 0.25) is 5.02 Å². The van der Waals surface area contributed by atoms with E-state index in [9.17, 15) is 4.79 Å². The van der Waals surface area contributed by atoms with Gasteiger partial charge in [-0.2, -0.15) is 5.10 Å². The third-order valence-electron chi connectivity index (χ3n) is 2.91. The minimum atomic E-state index is -0.469. The van der Waals surface area contributed by atoms with Crippen LogP contribution in [0.4, 0.5) is 0 Å². The lowest BCUT2D eigenvalue weighted by Crippen LogP contribution is -2.31. The van der Waals surface area contributed by atoms with Gasteiger partial charge in [-0.05, 0) is 55.5 Å². The molecule has 0 radical (unpaired) electrons. The number of hydrogen-bond donors (Lipinski definition) is 2. The number of ether oxygens (including phenoxy) is 1. The van der Waals surface area contributed by atoms with Gasteiger partial charge in [0.2, 0.25) is 0 Å². The standard InChI is InChI=1S/C17H16ClN3O2S/c1-2-19-17(24)21-20-11-13-5-3-4-6-15(13)23-16(22)12-7-9-14(18)10-8-12/h3-11H,2H2,1H3,(H2,19,21,24)/b20-11+. The van der Waals surface area contributed by atoms with E-state index in [1.54, 1.807) is 42.5 Å². The first kappa shape index (κ1) is 17.9. The summed E-state index contributed by atoms with van der Waals surface area (Å²) < 4.78 is 5.43. The largest absolute Gasteiger partial charge is 0.422 e. The molecule has 5 nitrogen and oxygen atoms in total. The van der Waals surface area contributed by atoms with Crippen molar-refractivity contribution in [1.82, 2.24) is 10.7 Å². The zero-order valence-electron chi connectivity index (χ0n) is 13.0. The highest BCUT2D eigenvalue weighted by molar-refractivity contribution is 7.80. The van der Waals surface area contributed by atoms with E-state index < -0.39 is 5.97 Å². The summed E-state index contributed by atoms with van der Waals surface area (Å²) in [5.74, 6) is -0.0685. The number of carbonyl (C=O) groups excluding carboxylic acids is 1. The predicted octanol–water partition coefficient (Wildman–Crippen LogP) is 3.38. The number of halogens is 1. The number of carbonyl (C=O) groups is 1. The second kappa shape index (κ2) is 9.00. The molecule has 0 aliphatic heterocycles. The van der Waals surface area contributed by atoms with Gasteiger partial charge < -0.3 is 10.1 Å². The first-order valence-electron chi connectivity index (χ1n) is 7.24. The van der Waals surface area contributed by atoms with E-state index >= 15 is 0 Å². The van der Waals surface area contributed by atoms with Gasteiger partial charge in [-0.1, -0.05) is 23.7 Å². The van der Waals surface area contributed by atoms with Gasteiger partial charge in [0.25, 0.3) is 0 Å². The monoisotopic (exact) mass is 361 g/mol. The summed E-state index contributed by atoms with van der Waals surface area (Å²) in [6, 6.07) is 13.6. The van der Waals surface area contributed by atoms with Crippen molar-refractivity contribution in [1.29, 1.82) is 0 Å². The summed E-state index contributed by atoms with van der Waals surface area (Å²) >= 11 is 10.8. The number of rotatable bonds is 5. The van der Waals surface area contributed by atoms with E-state index in [-0.39, 0.29) is 0 Å². The van der Waals surface area contributed by atoms with Crippen molar-refractivity contribution >= 4 is 41.1 Å². The van der Waals surface area contributed by atoms with Crippen LogP contribution in [0.25, 0.3) is 0 Å². The maximum absolute atomic E-state index is 12.2. The highest BCUT2D eigenvalue weighted by Gasteiger charge is 2.10. The molecule has 2 aromatic carbocycles. The minimum Gasteiger partial charge on any atom is -0.422 e. The molecule has 0 aromatic heterocycles. The lowest BCUT2D eigenvalue weighted by atomic mass is 10.2. The molecular weight excluding hydrogens is 346 g/mol. The fourth-order valence-corrected chi connectivity index (χ4v) is 2.11. The zero-order chi connectivity index (χ0) is 17.4. The quantitative estimate of drug-likeness (QED) is 0.281. The molecule has 0 aliphatic carbocycles. The number of nitrogens with one attached hydrogen (secondary N) is 2. The van der Waals surface area contributed by atoms with Crippen molar-refractivity contribution in [3.63, 3.8) is 0 Å². The number of benzene rings is 2. The van der Waals surface area contributed by atoms with Crippen LogP contribution in [0.15, 0.2) is 53.6 Å². The smallest absolute Gasteiger partial charge is 0.343 e. The Kier molecular flexibility index (Phi) is 6.72. The van der Waals surface area contributed by atoms with Crippen molar-refractivity contribution in [3.05, 3.63) is 64.7 Å². The molecule has 124 valence electrons. The average Bonchev–Trinajstić information content (AvgIpc) is 2.57. The molecular formula is C17H16ClN3O2S. The molecule has 24 heavy (non-hydrogen) atoms. The average molecular weight is 362 g/mol. The molecule has 0 fully saturated rings. The number of nitrogens with zero attached hydrogens (tertiary/aromatic N) is 1. The first-order chi connectivity index (χ1) is 11.6. The molecule has 0 amide bonds. The van der Waals surface area contributed by atoms with Crippen LogP contribution < -0.4 is 15.5 Å². The number of para-hydroxylation sites is 1. The lowest BCUT2D eigenvalue weighted by Gasteiger charge is -2.07. The van der Waals surface area contributed by atoms with E-state index in [0.717, 1.165) is 0 Å². The van der Waals surface area contributed by atoms with Crippen molar-refractivity contribution < 1.29 is 9.53 Å². The summed E-state index contributed by atoms with van der Waals surface area (Å²) in [5, 5.41) is 7.92. The Balaban J connectivity index is 2.08. The van der Waals surface area contributed by atoms with Gasteiger partial charge in [-0.25, -0.2) is 4.79 Å². The van der Waals surface area contributed by atoms with Gasteiger partial charge in [0, 0.05) is 17.1 Å². The van der Waals surface area contributed by atoms with Crippen LogP contribution in [0.5, 0.6) is 5.75 Å². The van der Waals surface area contributed by atoms with Crippen LogP contribution >= 0.6 is 23.8 Å². The molecule has 0 spiro atoms. The number of esters is 1. The Bertz CT molecular complexity index is 748. The van der Waals surface area contributed by atoms with Crippen LogP contribution in [0.3, 0.4) is 0 Å². The number of thiocarbonyl (C=S) groups is 1. The van der Waals surface area contributed by atoms with Gasteiger partial charge in [0.1, 0.15) is 5.75 Å². The second-order valence-electron chi connectivity index (χ2n) is 4.66. The molecule has 0 saturated heterocycles. The minimum absolute atomic E-state index is 0.400. The molecule has 0 aliphatic rings. The van der Waals surface area contributed by atoms with Gasteiger partial charge in [-0.3, -0.25) is 5.43 Å². The van der Waals surface area contributed by atoms with Crippen LogP contribution in [-0.2, 0) is 0 Å². The zero-order valence-corrected chi connectivity index (χ0v) is 14.5. The van der Waals surface area contributed by atoms with Crippen molar-refractivity contribution in [2.45, 2.75) is 6.92 Å². The molecule has 2 aromatic rings. The van der Waals surface area contributed by atoms with E-state index in [1.807, 2.05) is 13.0 Å². The highest BCUT2D eigenvalue weighted by Crippen LogP contribution is 2.18. The third kappa shape index (κ3) is 5.33. The Morgan fingerprint density at radius 1 is 1.25 bits per heavy atom. The van der Waals surface area contributed by atoms with Crippen LogP contribution in [0.1, 0.15) is 22.8 Å². The summed E-state index contributed by atoms with van der Waals surface area (Å²) in [6.07, 6.45) is 1.54. The van der Waals surface area contributed by atoms with Crippen molar-refractivity contribution in [2.75, 3.05) is 6.54 Å². The van der Waals surface area contributed by atoms with Crippen LogP contribution in [-0.4, -0.2) is 23.8 Å². The molecule has 2 rings (SSSR count). The Hall–Kier alpha value is -2.44. The second-order valence-corrected chi connectivity index (χ2v) is 5.51. The number of hydrogen-bond acceptors (Lipinski definition) is 4. The molecule has 0 saturated carbocycles. The molecule has 7 heteroatoms. The van der Waals surface area contributed by atoms with Crippen molar-refractivity contribution in [2.24, 2.45) is 5.10 Å². The Labute approximate surface area is 150 Å². The summed E-state index contributed by atoms with van der Waals surface area (Å²) in [7, 11) is 0. The van der Waals surface area contributed by atoms with Crippen molar-refractivity contribution in [3.8, 4) is 5.75 Å². The van der Waals surface area contributed by atoms with Gasteiger partial charge in [0.05, 0.1) is 11.8 Å². The van der Waals surface area contributed by atoms with Gasteiger partial charge in [-0.15, -0.1) is 0 Å². The first-order valence-corrected chi connectivity index (χ1v) is 8.02. The normalized spacial score (nSPS) is 10.4. The maximum Gasteiger partial charge on any atom is 0.343 e. The Morgan fingerprint density at radius 2 is 1.96 bits per heavy atom. The topological polar surface area (TPSA) is 62.7 Å². The van der Waals surface area contributed by atoms with Gasteiger partial charge >= 0.3 is 5.97 Å². The fourth-order valence-electron chi connectivity index (χ4n) is 1.79. The lowest BCUT2D eigenvalue weighted by molar-refractivity contribution is 0.0734. The molecule has 0 bridgehead atoms. The fraction of sp³-hybridized carbons (Fsp3) is 0.118. The molecule has 0 atom stereocenters. The molecule has 2 N–H and O–H groups in total. The summed E-state index contributed by atoms with van der Waals surface area (Å²) in [5.41, 5.74) is 3.74. The Morgan fingerprint density at radius 3 is 2.67 bits per heavy atom. The van der Waals surface area contributed by atoms with E-state index in [0.29, 0.717) is 33.6 Å². The van der Waals surface area contributed by atoms with E-state index in [4.69, 9.17) is 28.6 Å². The maximum atomic E-state index is 12.2. The summed E-state index contributed by atoms with van der Waals surface area (Å²) in [6.45, 7) is 2.64. The summed E-state index contributed by atoms with van der Waals surface area (Å²) in [4.78, 5) is 12.2. The third-order valence-corrected chi connectivity index (χ3v) is 3.40. The molecule has 0 unspecified atom stereocenters. The van der Waals surface area contributed by atoms with E-state index in [1.165, 1.54) is 6.21 Å². The molecule has 0 heterocycles.